The molecule has 0 saturated carbocycles. The smallest absolute Gasteiger partial charge is 0.410 e. The van der Waals surface area contributed by atoms with Crippen molar-refractivity contribution in [3.05, 3.63) is 0 Å². The van der Waals surface area contributed by atoms with Crippen LogP contribution in [-0.4, -0.2) is 55.3 Å². The molecule has 0 aliphatic carbocycles. The number of halogens is 1. The van der Waals surface area contributed by atoms with E-state index in [1.807, 2.05) is 20.8 Å². The van der Waals surface area contributed by atoms with Crippen LogP contribution in [0.25, 0.3) is 0 Å². The first-order chi connectivity index (χ1) is 9.31. The number of nitrogens with zero attached hydrogens (tertiary/aromatic N) is 1. The zero-order valence-electron chi connectivity index (χ0n) is 13.3. The molecule has 0 radical (unpaired) electrons. The van der Waals surface area contributed by atoms with E-state index in [0.717, 1.165) is 12.8 Å². The third-order valence-corrected chi connectivity index (χ3v) is 3.14. The van der Waals surface area contributed by atoms with E-state index in [4.69, 9.17) is 4.74 Å². The summed E-state index contributed by atoms with van der Waals surface area (Å²) in [5.74, 6) is -0.205. The summed E-state index contributed by atoms with van der Waals surface area (Å²) in [5.41, 5.74) is -0.452. The van der Waals surface area contributed by atoms with Gasteiger partial charge < -0.3 is 19.7 Å². The predicted octanol–water partition coefficient (Wildman–Crippen LogP) is 1.96. The van der Waals surface area contributed by atoms with Gasteiger partial charge in [-0.2, -0.15) is 0 Å². The van der Waals surface area contributed by atoms with Crippen molar-refractivity contribution in [1.82, 2.24) is 10.2 Å². The maximum absolute atomic E-state index is 11.9. The fraction of sp³-hybridized carbons (Fsp3) is 0.857. The van der Waals surface area contributed by atoms with Crippen molar-refractivity contribution in [1.29, 1.82) is 0 Å². The van der Waals surface area contributed by atoms with Crippen LogP contribution in [0.5, 0.6) is 0 Å². The number of hydrogen-bond donors (Lipinski definition) is 1. The Kier molecular flexibility index (Phi) is 8.66. The van der Waals surface area contributed by atoms with Gasteiger partial charge in [-0.1, -0.05) is 0 Å². The van der Waals surface area contributed by atoms with Crippen molar-refractivity contribution in [2.45, 2.75) is 51.7 Å². The van der Waals surface area contributed by atoms with E-state index in [1.165, 1.54) is 7.11 Å². The van der Waals surface area contributed by atoms with Crippen LogP contribution in [0.2, 0.25) is 0 Å². The van der Waals surface area contributed by atoms with Gasteiger partial charge in [0.15, 0.2) is 0 Å². The second-order valence-corrected chi connectivity index (χ2v) is 6.02. The molecule has 1 heterocycles. The molecule has 7 heteroatoms. The highest BCUT2D eigenvalue weighted by Gasteiger charge is 2.26. The average molecular weight is 323 g/mol. The maximum Gasteiger partial charge on any atom is 0.410 e. The van der Waals surface area contributed by atoms with Crippen molar-refractivity contribution in [2.24, 2.45) is 0 Å². The molecule has 0 aromatic rings. The quantitative estimate of drug-likeness (QED) is 0.801. The first kappa shape index (κ1) is 20.0. The molecule has 0 atom stereocenters. The van der Waals surface area contributed by atoms with Gasteiger partial charge in [-0.05, 0) is 33.6 Å². The van der Waals surface area contributed by atoms with Gasteiger partial charge in [0.25, 0.3) is 0 Å². The molecule has 6 nitrogen and oxygen atoms in total. The van der Waals surface area contributed by atoms with E-state index < -0.39 is 5.60 Å². The highest BCUT2D eigenvalue weighted by Crippen LogP contribution is 2.15. The van der Waals surface area contributed by atoms with Gasteiger partial charge in [-0.3, -0.25) is 4.79 Å². The molecule has 21 heavy (non-hydrogen) atoms. The zero-order chi connectivity index (χ0) is 15.2. The number of hydrogen-bond acceptors (Lipinski definition) is 5. The highest BCUT2D eigenvalue weighted by molar-refractivity contribution is 5.85. The fourth-order valence-corrected chi connectivity index (χ4v) is 2.07. The summed E-state index contributed by atoms with van der Waals surface area (Å²) >= 11 is 0. The number of carbonyl (C=O) groups excluding carboxylic acids is 2. The molecule has 1 rings (SSSR count). The Morgan fingerprint density at radius 3 is 2.29 bits per heavy atom. The Bertz CT molecular complexity index is 336. The van der Waals surface area contributed by atoms with Gasteiger partial charge in [0, 0.05) is 25.7 Å². The molecular formula is C14H27ClN2O4. The standard InChI is InChI=1S/C14H26N2O4.ClH/c1-14(2,3)20-13(18)16-9-6-11(7-10-16)15-8-5-12(17)19-4;/h11,15H,5-10H2,1-4H3;1H. The number of likely N-dealkylation sites (tertiary alicyclic amines) is 1. The molecule has 124 valence electrons. The number of nitrogens with one attached hydrogen (secondary N) is 1. The normalized spacial score (nSPS) is 16.1. The van der Waals surface area contributed by atoms with Gasteiger partial charge >= 0.3 is 12.1 Å². The average Bonchev–Trinajstić information content (AvgIpc) is 2.37. The molecule has 0 bridgehead atoms. The van der Waals surface area contributed by atoms with Gasteiger partial charge in [-0.15, -0.1) is 12.4 Å². The Labute approximate surface area is 132 Å². The molecule has 0 aromatic heterocycles. The number of carbonyl (C=O) groups is 2. The Balaban J connectivity index is 0.00000400. The summed E-state index contributed by atoms with van der Waals surface area (Å²) < 4.78 is 9.93. The van der Waals surface area contributed by atoms with E-state index in [2.05, 4.69) is 10.1 Å². The number of piperidine rings is 1. The van der Waals surface area contributed by atoms with Crippen LogP contribution in [-0.2, 0) is 14.3 Å². The van der Waals surface area contributed by atoms with Crippen LogP contribution < -0.4 is 5.32 Å². The van der Waals surface area contributed by atoms with Gasteiger partial charge in [0.2, 0.25) is 0 Å². The van der Waals surface area contributed by atoms with Gasteiger partial charge in [0.05, 0.1) is 13.5 Å². The van der Waals surface area contributed by atoms with Crippen molar-refractivity contribution in [3.63, 3.8) is 0 Å². The molecule has 1 fully saturated rings. The van der Waals surface area contributed by atoms with E-state index in [0.29, 0.717) is 32.1 Å². The van der Waals surface area contributed by atoms with Crippen LogP contribution in [0.4, 0.5) is 4.79 Å². The Morgan fingerprint density at radius 2 is 1.81 bits per heavy atom. The number of amides is 1. The second kappa shape index (κ2) is 9.10. The summed E-state index contributed by atoms with van der Waals surface area (Å²) in [4.78, 5) is 24.6. The number of esters is 1. The van der Waals surface area contributed by atoms with Gasteiger partial charge in [0.1, 0.15) is 5.60 Å². The summed E-state index contributed by atoms with van der Waals surface area (Å²) in [6.45, 7) is 7.59. The topological polar surface area (TPSA) is 67.9 Å². The number of methoxy groups -OCH3 is 1. The SMILES string of the molecule is COC(=O)CCNC1CCN(C(=O)OC(C)(C)C)CC1.Cl. The van der Waals surface area contributed by atoms with E-state index in [-0.39, 0.29) is 24.5 Å². The zero-order valence-corrected chi connectivity index (χ0v) is 14.1. The van der Waals surface area contributed by atoms with Crippen molar-refractivity contribution in [2.75, 3.05) is 26.7 Å². The van der Waals surface area contributed by atoms with Crippen LogP contribution in [0, 0.1) is 0 Å². The molecule has 1 N–H and O–H groups in total. The van der Waals surface area contributed by atoms with Crippen molar-refractivity contribution < 1.29 is 19.1 Å². The lowest BCUT2D eigenvalue weighted by Crippen LogP contribution is -2.46. The van der Waals surface area contributed by atoms with Crippen LogP contribution in [0.3, 0.4) is 0 Å². The highest BCUT2D eigenvalue weighted by atomic mass is 35.5. The molecule has 1 aliphatic heterocycles. The molecule has 0 spiro atoms. The predicted molar refractivity (Wildman–Crippen MR) is 82.7 cm³/mol. The third-order valence-electron chi connectivity index (χ3n) is 3.14. The lowest BCUT2D eigenvalue weighted by atomic mass is 10.1. The van der Waals surface area contributed by atoms with Crippen LogP contribution in [0.1, 0.15) is 40.0 Å². The van der Waals surface area contributed by atoms with Crippen LogP contribution in [0.15, 0.2) is 0 Å². The monoisotopic (exact) mass is 322 g/mol. The largest absolute Gasteiger partial charge is 0.469 e. The molecule has 1 saturated heterocycles. The second-order valence-electron chi connectivity index (χ2n) is 6.02. The lowest BCUT2D eigenvalue weighted by molar-refractivity contribution is -0.140. The first-order valence-electron chi connectivity index (χ1n) is 7.10. The molecular weight excluding hydrogens is 296 g/mol. The maximum atomic E-state index is 11.9. The third kappa shape index (κ3) is 8.12. The lowest BCUT2D eigenvalue weighted by Gasteiger charge is -2.33. The van der Waals surface area contributed by atoms with Gasteiger partial charge in [-0.25, -0.2) is 4.79 Å². The van der Waals surface area contributed by atoms with E-state index in [1.54, 1.807) is 4.90 Å². The summed E-state index contributed by atoms with van der Waals surface area (Å²) in [6, 6.07) is 0.346. The van der Waals surface area contributed by atoms with E-state index in [9.17, 15) is 9.59 Å². The fourth-order valence-electron chi connectivity index (χ4n) is 2.07. The minimum atomic E-state index is -0.452. The van der Waals surface area contributed by atoms with Crippen LogP contribution >= 0.6 is 12.4 Å². The first-order valence-corrected chi connectivity index (χ1v) is 7.10. The summed E-state index contributed by atoms with van der Waals surface area (Å²) in [7, 11) is 1.39. The van der Waals surface area contributed by atoms with E-state index >= 15 is 0 Å². The minimum absolute atomic E-state index is 0. The number of ether oxygens (including phenoxy) is 2. The van der Waals surface area contributed by atoms with Crippen molar-refractivity contribution >= 4 is 24.5 Å². The number of rotatable bonds is 4. The molecule has 0 aromatic carbocycles. The molecule has 1 aliphatic rings. The molecule has 1 amide bonds. The Hall–Kier alpha value is -1.01. The summed E-state index contributed by atoms with van der Waals surface area (Å²) in [5, 5.41) is 3.31. The molecule has 0 unspecified atom stereocenters. The Morgan fingerprint density at radius 1 is 1.24 bits per heavy atom. The van der Waals surface area contributed by atoms with Crippen molar-refractivity contribution in [3.8, 4) is 0 Å². The minimum Gasteiger partial charge on any atom is -0.469 e. The summed E-state index contributed by atoms with van der Waals surface area (Å²) in [6.07, 6.45) is 1.88.